The molecule has 0 radical (unpaired) electrons. The van der Waals surface area contributed by atoms with Gasteiger partial charge in [-0.15, -0.1) is 24.0 Å². The molecule has 2 rings (SSSR count). The highest BCUT2D eigenvalue weighted by Gasteiger charge is 2.20. The van der Waals surface area contributed by atoms with Gasteiger partial charge < -0.3 is 20.3 Å². The number of amides is 1. The molecular formula is C25H37IN4O2. The van der Waals surface area contributed by atoms with Gasteiger partial charge in [-0.3, -0.25) is 9.79 Å². The van der Waals surface area contributed by atoms with Gasteiger partial charge in [-0.2, -0.15) is 0 Å². The lowest BCUT2D eigenvalue weighted by Crippen LogP contribution is -2.39. The Labute approximate surface area is 209 Å². The second-order valence-electron chi connectivity index (χ2n) is 8.38. The summed E-state index contributed by atoms with van der Waals surface area (Å²) in [5, 5.41) is 6.72. The summed E-state index contributed by atoms with van der Waals surface area (Å²) in [6.07, 6.45) is 0.806. The van der Waals surface area contributed by atoms with Crippen LogP contribution in [0.4, 0.5) is 0 Å². The van der Waals surface area contributed by atoms with Gasteiger partial charge in [0.15, 0.2) is 5.96 Å². The average Bonchev–Trinajstić information content (AvgIpc) is 2.77. The highest BCUT2D eigenvalue weighted by Crippen LogP contribution is 2.25. The minimum Gasteiger partial charge on any atom is -0.497 e. The molecule has 0 heterocycles. The van der Waals surface area contributed by atoms with Crippen LogP contribution in [0.15, 0.2) is 53.5 Å². The fourth-order valence-corrected chi connectivity index (χ4v) is 3.20. The van der Waals surface area contributed by atoms with Gasteiger partial charge in [-0.05, 0) is 48.7 Å². The fourth-order valence-electron chi connectivity index (χ4n) is 3.20. The molecule has 0 fully saturated rings. The zero-order valence-electron chi connectivity index (χ0n) is 20.1. The number of methoxy groups -OCH3 is 1. The Morgan fingerprint density at radius 3 is 2.38 bits per heavy atom. The van der Waals surface area contributed by atoms with Crippen molar-refractivity contribution in [3.05, 3.63) is 65.2 Å². The third-order valence-corrected chi connectivity index (χ3v) is 5.13. The van der Waals surface area contributed by atoms with Gasteiger partial charge in [-0.25, -0.2) is 0 Å². The first kappa shape index (κ1) is 27.7. The number of carbonyl (C=O) groups is 1. The van der Waals surface area contributed by atoms with E-state index in [1.165, 1.54) is 5.56 Å². The van der Waals surface area contributed by atoms with Crippen LogP contribution < -0.4 is 15.4 Å². The summed E-state index contributed by atoms with van der Waals surface area (Å²) in [6, 6.07) is 16.0. The molecule has 0 saturated carbocycles. The number of nitrogens with one attached hydrogen (secondary N) is 2. The van der Waals surface area contributed by atoms with Crippen molar-refractivity contribution < 1.29 is 9.53 Å². The number of hydrogen-bond acceptors (Lipinski definition) is 3. The van der Waals surface area contributed by atoms with Gasteiger partial charge in [0.05, 0.1) is 13.7 Å². The maximum absolute atomic E-state index is 12.2. The lowest BCUT2D eigenvalue weighted by atomic mass is 9.85. The summed E-state index contributed by atoms with van der Waals surface area (Å²) in [7, 11) is 5.21. The summed E-state index contributed by atoms with van der Waals surface area (Å²) in [5.74, 6) is 1.67. The van der Waals surface area contributed by atoms with Crippen LogP contribution in [0.5, 0.6) is 5.75 Å². The molecule has 0 aromatic heterocycles. The normalized spacial score (nSPS) is 11.4. The predicted molar refractivity (Wildman–Crippen MR) is 144 cm³/mol. The summed E-state index contributed by atoms with van der Waals surface area (Å²) < 4.78 is 5.26. The number of hydrogen-bond donors (Lipinski definition) is 2. The second kappa shape index (κ2) is 13.3. The van der Waals surface area contributed by atoms with Crippen LogP contribution in [0.3, 0.4) is 0 Å². The quantitative estimate of drug-likeness (QED) is 0.280. The molecule has 0 spiro atoms. The van der Waals surface area contributed by atoms with Crippen molar-refractivity contribution in [2.45, 2.75) is 32.6 Å². The van der Waals surface area contributed by atoms with E-state index in [1.54, 1.807) is 26.1 Å². The van der Waals surface area contributed by atoms with Crippen LogP contribution in [-0.4, -0.2) is 57.6 Å². The first-order valence-corrected chi connectivity index (χ1v) is 10.7. The monoisotopic (exact) mass is 552 g/mol. The Morgan fingerprint density at radius 2 is 1.78 bits per heavy atom. The highest BCUT2D eigenvalue weighted by atomic mass is 127. The molecule has 32 heavy (non-hydrogen) atoms. The minimum atomic E-state index is -0.102. The Kier molecular flexibility index (Phi) is 11.5. The van der Waals surface area contributed by atoms with E-state index in [4.69, 9.17) is 9.73 Å². The molecule has 6 nitrogen and oxygen atoms in total. The number of halogens is 1. The van der Waals surface area contributed by atoms with Gasteiger partial charge in [0, 0.05) is 38.2 Å². The third-order valence-electron chi connectivity index (χ3n) is 5.13. The first-order chi connectivity index (χ1) is 14.8. The smallest absolute Gasteiger partial charge is 0.253 e. The van der Waals surface area contributed by atoms with E-state index in [2.05, 4.69) is 43.5 Å². The zero-order chi connectivity index (χ0) is 22.9. The van der Waals surface area contributed by atoms with Crippen LogP contribution >= 0.6 is 24.0 Å². The van der Waals surface area contributed by atoms with Crippen molar-refractivity contribution in [2.75, 3.05) is 40.8 Å². The molecular weight excluding hydrogens is 515 g/mol. The van der Waals surface area contributed by atoms with E-state index in [-0.39, 0.29) is 35.3 Å². The average molecular weight is 553 g/mol. The third kappa shape index (κ3) is 8.33. The van der Waals surface area contributed by atoms with Crippen molar-refractivity contribution in [1.82, 2.24) is 15.5 Å². The van der Waals surface area contributed by atoms with Crippen molar-refractivity contribution in [1.29, 1.82) is 0 Å². The molecule has 0 saturated heterocycles. The molecule has 176 valence electrons. The van der Waals surface area contributed by atoms with Gasteiger partial charge in [0.2, 0.25) is 0 Å². The Hall–Kier alpha value is -2.29. The van der Waals surface area contributed by atoms with Gasteiger partial charge in [-0.1, -0.05) is 38.1 Å². The summed E-state index contributed by atoms with van der Waals surface area (Å²) in [4.78, 5) is 18.6. The number of rotatable bonds is 9. The maximum Gasteiger partial charge on any atom is 0.253 e. The van der Waals surface area contributed by atoms with Crippen molar-refractivity contribution in [2.24, 2.45) is 4.99 Å². The number of carbonyl (C=O) groups excluding carboxylic acids is 1. The summed E-state index contributed by atoms with van der Waals surface area (Å²) in [5.41, 5.74) is 2.95. The second-order valence-corrected chi connectivity index (χ2v) is 8.38. The minimum absolute atomic E-state index is 0. The molecule has 1 amide bonds. The molecule has 0 aliphatic rings. The SMILES string of the molecule is CCNC(=NCC(C)(C)c1ccc(OC)cc1)NCCc1cccc(C(=O)N(C)C)c1.I. The molecule has 7 heteroatoms. The van der Waals surface area contributed by atoms with Gasteiger partial charge >= 0.3 is 0 Å². The van der Waals surface area contributed by atoms with E-state index < -0.39 is 0 Å². The van der Waals surface area contributed by atoms with Crippen molar-refractivity contribution in [3.63, 3.8) is 0 Å². The molecule has 0 aliphatic heterocycles. The number of aliphatic imine (C=N–C) groups is 1. The predicted octanol–water partition coefficient (Wildman–Crippen LogP) is 4.09. The van der Waals surface area contributed by atoms with Crippen LogP contribution in [0, 0.1) is 0 Å². The van der Waals surface area contributed by atoms with Crippen LogP contribution in [-0.2, 0) is 11.8 Å². The maximum atomic E-state index is 12.2. The number of guanidine groups is 1. The van der Waals surface area contributed by atoms with E-state index in [0.29, 0.717) is 12.1 Å². The van der Waals surface area contributed by atoms with Gasteiger partial charge in [0.1, 0.15) is 5.75 Å². The summed E-state index contributed by atoms with van der Waals surface area (Å²) >= 11 is 0. The Balaban J connectivity index is 0.00000512. The lowest BCUT2D eigenvalue weighted by Gasteiger charge is -2.24. The number of ether oxygens (including phenoxy) is 1. The van der Waals surface area contributed by atoms with Gasteiger partial charge in [0.25, 0.3) is 5.91 Å². The van der Waals surface area contributed by atoms with Crippen LogP contribution in [0.2, 0.25) is 0 Å². The lowest BCUT2D eigenvalue weighted by molar-refractivity contribution is 0.0827. The van der Waals surface area contributed by atoms with Crippen LogP contribution in [0.1, 0.15) is 42.3 Å². The Morgan fingerprint density at radius 1 is 1.09 bits per heavy atom. The van der Waals surface area contributed by atoms with E-state index >= 15 is 0 Å². The molecule has 2 N–H and O–H groups in total. The number of nitrogens with zero attached hydrogens (tertiary/aromatic N) is 2. The Bertz CT molecular complexity index is 880. The van der Waals surface area contributed by atoms with E-state index in [9.17, 15) is 4.79 Å². The topological polar surface area (TPSA) is 66.0 Å². The molecule has 0 atom stereocenters. The highest BCUT2D eigenvalue weighted by molar-refractivity contribution is 14.0. The molecule has 0 aliphatic carbocycles. The molecule has 2 aromatic carbocycles. The molecule has 2 aromatic rings. The van der Waals surface area contributed by atoms with Crippen molar-refractivity contribution >= 4 is 35.8 Å². The van der Waals surface area contributed by atoms with E-state index in [1.807, 2.05) is 36.4 Å². The molecule has 0 bridgehead atoms. The molecule has 0 unspecified atom stereocenters. The standard InChI is InChI=1S/C25H36N4O2.HI/c1-7-26-24(28-18-25(2,3)21-11-13-22(31-6)14-12-21)27-16-15-19-9-8-10-20(17-19)23(30)29(4)5;/h8-14,17H,7,15-16,18H2,1-6H3,(H2,26,27,28);1H. The summed E-state index contributed by atoms with van der Waals surface area (Å²) in [6.45, 7) is 8.62. The fraction of sp³-hybridized carbons (Fsp3) is 0.440. The zero-order valence-corrected chi connectivity index (χ0v) is 22.4. The van der Waals surface area contributed by atoms with E-state index in [0.717, 1.165) is 36.8 Å². The van der Waals surface area contributed by atoms with Crippen LogP contribution in [0.25, 0.3) is 0 Å². The first-order valence-electron chi connectivity index (χ1n) is 10.7. The van der Waals surface area contributed by atoms with Crippen molar-refractivity contribution in [3.8, 4) is 5.75 Å². The number of benzene rings is 2. The largest absolute Gasteiger partial charge is 0.497 e.